The summed E-state index contributed by atoms with van der Waals surface area (Å²) in [5.41, 5.74) is 2.39. The molecule has 0 fully saturated rings. The summed E-state index contributed by atoms with van der Waals surface area (Å²) in [6.45, 7) is 7.10. The molecule has 2 aromatic rings. The Kier molecular flexibility index (Phi) is 5.49. The van der Waals surface area contributed by atoms with E-state index in [2.05, 4.69) is 41.1 Å². The van der Waals surface area contributed by atoms with Crippen LogP contribution in [0.5, 0.6) is 0 Å². The largest absolute Gasteiger partial charge is 0.347 e. The predicted molar refractivity (Wildman–Crippen MR) is 85.2 cm³/mol. The molecule has 0 aromatic carbocycles. The van der Waals surface area contributed by atoms with Crippen LogP contribution < -0.4 is 10.2 Å². The van der Waals surface area contributed by atoms with E-state index in [0.29, 0.717) is 0 Å². The number of pyridine rings is 1. The monoisotopic (exact) mass is 290 g/mol. The normalized spacial score (nSPS) is 10.8. The SMILES string of the molecule is CCCNCc1sc(N(C)Cc2ccncc2)nc1C. The molecule has 0 saturated carbocycles. The summed E-state index contributed by atoms with van der Waals surface area (Å²) in [7, 11) is 2.09. The van der Waals surface area contributed by atoms with E-state index in [1.165, 1.54) is 10.4 Å². The third-order valence-electron chi connectivity index (χ3n) is 3.09. The van der Waals surface area contributed by atoms with Gasteiger partial charge < -0.3 is 10.2 Å². The predicted octanol–water partition coefficient (Wildman–Crippen LogP) is 2.98. The highest BCUT2D eigenvalue weighted by Crippen LogP contribution is 2.26. The molecular weight excluding hydrogens is 268 g/mol. The van der Waals surface area contributed by atoms with Gasteiger partial charge in [0.05, 0.1) is 5.69 Å². The third kappa shape index (κ3) is 4.02. The molecule has 2 heterocycles. The number of hydrogen-bond donors (Lipinski definition) is 1. The quantitative estimate of drug-likeness (QED) is 0.796. The lowest BCUT2D eigenvalue weighted by atomic mass is 10.2. The van der Waals surface area contributed by atoms with Gasteiger partial charge in [-0.25, -0.2) is 4.98 Å². The van der Waals surface area contributed by atoms with Crippen LogP contribution in [0.1, 0.15) is 29.5 Å². The minimum absolute atomic E-state index is 0.858. The summed E-state index contributed by atoms with van der Waals surface area (Å²) >= 11 is 1.77. The summed E-state index contributed by atoms with van der Waals surface area (Å²) < 4.78 is 0. The number of nitrogens with zero attached hydrogens (tertiary/aromatic N) is 3. The average Bonchev–Trinajstić information content (AvgIpc) is 2.82. The lowest BCUT2D eigenvalue weighted by molar-refractivity contribution is 0.678. The van der Waals surface area contributed by atoms with Gasteiger partial charge in [0, 0.05) is 37.4 Å². The number of anilines is 1. The van der Waals surface area contributed by atoms with Crippen molar-refractivity contribution < 1.29 is 0 Å². The van der Waals surface area contributed by atoms with Crippen molar-refractivity contribution in [2.75, 3.05) is 18.5 Å². The second kappa shape index (κ2) is 7.36. The second-order valence-corrected chi connectivity index (χ2v) is 5.96. The van der Waals surface area contributed by atoms with Gasteiger partial charge in [-0.05, 0) is 37.6 Å². The van der Waals surface area contributed by atoms with Crippen LogP contribution in [0.15, 0.2) is 24.5 Å². The molecule has 1 N–H and O–H groups in total. The molecule has 2 rings (SSSR count). The zero-order valence-corrected chi connectivity index (χ0v) is 13.2. The maximum absolute atomic E-state index is 4.67. The van der Waals surface area contributed by atoms with E-state index < -0.39 is 0 Å². The first-order valence-corrected chi connectivity index (χ1v) is 7.79. The molecule has 20 heavy (non-hydrogen) atoms. The van der Waals surface area contributed by atoms with E-state index in [0.717, 1.165) is 36.9 Å². The van der Waals surface area contributed by atoms with Crippen molar-refractivity contribution >= 4 is 16.5 Å². The Morgan fingerprint density at radius 3 is 2.75 bits per heavy atom. The van der Waals surface area contributed by atoms with Gasteiger partial charge in [0.1, 0.15) is 0 Å². The average molecular weight is 290 g/mol. The Morgan fingerprint density at radius 2 is 2.05 bits per heavy atom. The Bertz CT molecular complexity index is 524. The minimum Gasteiger partial charge on any atom is -0.347 e. The zero-order chi connectivity index (χ0) is 14.4. The van der Waals surface area contributed by atoms with Gasteiger partial charge in [0.2, 0.25) is 0 Å². The van der Waals surface area contributed by atoms with E-state index in [9.17, 15) is 0 Å². The van der Waals surface area contributed by atoms with E-state index in [1.807, 2.05) is 24.5 Å². The van der Waals surface area contributed by atoms with Crippen molar-refractivity contribution in [1.82, 2.24) is 15.3 Å². The molecule has 0 unspecified atom stereocenters. The van der Waals surface area contributed by atoms with Crippen LogP contribution in [-0.2, 0) is 13.1 Å². The number of aromatic nitrogens is 2. The lowest BCUT2D eigenvalue weighted by Gasteiger charge is -2.15. The summed E-state index contributed by atoms with van der Waals surface area (Å²) in [6, 6.07) is 4.08. The maximum Gasteiger partial charge on any atom is 0.185 e. The van der Waals surface area contributed by atoms with Gasteiger partial charge in [-0.3, -0.25) is 4.98 Å². The number of nitrogens with one attached hydrogen (secondary N) is 1. The van der Waals surface area contributed by atoms with Gasteiger partial charge in [-0.1, -0.05) is 6.92 Å². The van der Waals surface area contributed by atoms with Crippen molar-refractivity contribution in [2.45, 2.75) is 33.4 Å². The van der Waals surface area contributed by atoms with E-state index in [1.54, 1.807) is 11.3 Å². The molecule has 0 spiro atoms. The Labute approximate surface area is 124 Å². The summed E-state index contributed by atoms with van der Waals surface area (Å²) in [5.74, 6) is 0. The molecule has 0 aliphatic carbocycles. The standard InChI is InChI=1S/C15H22N4S/c1-4-7-17-10-14-12(2)18-15(20-14)19(3)11-13-5-8-16-9-6-13/h5-6,8-9,17H,4,7,10-11H2,1-3H3. The van der Waals surface area contributed by atoms with Crippen molar-refractivity contribution in [3.8, 4) is 0 Å². The van der Waals surface area contributed by atoms with E-state index in [4.69, 9.17) is 0 Å². The molecular formula is C15H22N4S. The van der Waals surface area contributed by atoms with Crippen LogP contribution in [0, 0.1) is 6.92 Å². The Balaban J connectivity index is 1.99. The summed E-state index contributed by atoms with van der Waals surface area (Å²) in [5, 5.41) is 4.51. The minimum atomic E-state index is 0.858. The van der Waals surface area contributed by atoms with Crippen LogP contribution >= 0.6 is 11.3 Å². The molecule has 0 atom stereocenters. The van der Waals surface area contributed by atoms with Gasteiger partial charge in [0.15, 0.2) is 5.13 Å². The fourth-order valence-corrected chi connectivity index (χ4v) is 2.94. The smallest absolute Gasteiger partial charge is 0.185 e. The van der Waals surface area contributed by atoms with Crippen molar-refractivity contribution in [3.05, 3.63) is 40.7 Å². The number of aryl methyl sites for hydroxylation is 1. The topological polar surface area (TPSA) is 41.0 Å². The fourth-order valence-electron chi connectivity index (χ4n) is 1.95. The van der Waals surface area contributed by atoms with Crippen LogP contribution in [0.2, 0.25) is 0 Å². The van der Waals surface area contributed by atoms with Crippen molar-refractivity contribution in [3.63, 3.8) is 0 Å². The van der Waals surface area contributed by atoms with Crippen LogP contribution in [0.3, 0.4) is 0 Å². The molecule has 0 aliphatic rings. The number of rotatable bonds is 7. The number of hydrogen-bond acceptors (Lipinski definition) is 5. The number of thiazole rings is 1. The zero-order valence-electron chi connectivity index (χ0n) is 12.4. The van der Waals surface area contributed by atoms with Crippen LogP contribution in [-0.4, -0.2) is 23.6 Å². The third-order valence-corrected chi connectivity index (χ3v) is 4.36. The lowest BCUT2D eigenvalue weighted by Crippen LogP contribution is -2.16. The van der Waals surface area contributed by atoms with Crippen LogP contribution in [0.25, 0.3) is 0 Å². The maximum atomic E-state index is 4.67. The van der Waals surface area contributed by atoms with Gasteiger partial charge in [-0.2, -0.15) is 0 Å². The second-order valence-electron chi connectivity index (χ2n) is 4.89. The van der Waals surface area contributed by atoms with Gasteiger partial charge in [0.25, 0.3) is 0 Å². The molecule has 0 bridgehead atoms. The van der Waals surface area contributed by atoms with Crippen molar-refractivity contribution in [2.24, 2.45) is 0 Å². The molecule has 108 valence electrons. The molecule has 0 saturated heterocycles. The first kappa shape index (κ1) is 14.9. The molecule has 0 radical (unpaired) electrons. The molecule has 0 aliphatic heterocycles. The Hall–Kier alpha value is -1.46. The first-order chi connectivity index (χ1) is 9.70. The fraction of sp³-hybridized carbons (Fsp3) is 0.467. The van der Waals surface area contributed by atoms with Gasteiger partial charge in [-0.15, -0.1) is 11.3 Å². The molecule has 2 aromatic heterocycles. The molecule has 4 nitrogen and oxygen atoms in total. The Morgan fingerprint density at radius 1 is 1.30 bits per heavy atom. The highest BCUT2D eigenvalue weighted by atomic mass is 32.1. The highest BCUT2D eigenvalue weighted by molar-refractivity contribution is 7.15. The van der Waals surface area contributed by atoms with Gasteiger partial charge >= 0.3 is 0 Å². The first-order valence-electron chi connectivity index (χ1n) is 6.97. The van der Waals surface area contributed by atoms with E-state index >= 15 is 0 Å². The van der Waals surface area contributed by atoms with Crippen LogP contribution in [0.4, 0.5) is 5.13 Å². The summed E-state index contributed by atoms with van der Waals surface area (Å²) in [6.07, 6.45) is 4.82. The highest BCUT2D eigenvalue weighted by Gasteiger charge is 2.11. The van der Waals surface area contributed by atoms with Crippen molar-refractivity contribution in [1.29, 1.82) is 0 Å². The molecule has 0 amide bonds. The molecule has 5 heteroatoms. The van der Waals surface area contributed by atoms with E-state index in [-0.39, 0.29) is 0 Å². The summed E-state index contributed by atoms with van der Waals surface area (Å²) in [4.78, 5) is 12.2.